The molecule has 0 nitrogen and oxygen atoms in total. The third-order valence-corrected chi connectivity index (χ3v) is 2.84. The van der Waals surface area contributed by atoms with Crippen LogP contribution in [0.3, 0.4) is 0 Å². The molecule has 6 heteroatoms. The Kier molecular flexibility index (Phi) is 3.70. The summed E-state index contributed by atoms with van der Waals surface area (Å²) < 4.78 is 60.1. The summed E-state index contributed by atoms with van der Waals surface area (Å²) in [5.74, 6) is -4.57. The first kappa shape index (κ1) is 12.4. The highest BCUT2D eigenvalue weighted by Gasteiger charge is 2.56. The zero-order valence-corrected chi connectivity index (χ0v) is 8.47. The fraction of sp³-hybridized carbons (Fsp3) is 0.556. The topological polar surface area (TPSA) is 0 Å². The van der Waals surface area contributed by atoms with Crippen LogP contribution < -0.4 is 0 Å². The Morgan fingerprint density at radius 2 is 1.80 bits per heavy atom. The Labute approximate surface area is 87.7 Å². The maximum Gasteiger partial charge on any atom is 0.453 e. The van der Waals surface area contributed by atoms with Gasteiger partial charge >= 0.3 is 12.1 Å². The van der Waals surface area contributed by atoms with Crippen molar-refractivity contribution in [2.45, 2.75) is 31.4 Å². The number of alkyl halides is 5. The summed E-state index contributed by atoms with van der Waals surface area (Å²) >= 11 is 1.35. The SMILES string of the molecule is FC(F)(F)C(F)(F)CCCc1cccs1. The lowest BCUT2D eigenvalue weighted by Crippen LogP contribution is -2.36. The molecule has 0 aromatic carbocycles. The van der Waals surface area contributed by atoms with E-state index in [1.165, 1.54) is 11.3 Å². The summed E-state index contributed by atoms with van der Waals surface area (Å²) in [5.41, 5.74) is 0. The Morgan fingerprint density at radius 1 is 1.13 bits per heavy atom. The zero-order valence-electron chi connectivity index (χ0n) is 7.65. The average molecular weight is 244 g/mol. The van der Waals surface area contributed by atoms with Crippen LogP contribution >= 0.6 is 11.3 Å². The molecule has 0 radical (unpaired) electrons. The molecule has 0 fully saturated rings. The summed E-state index contributed by atoms with van der Waals surface area (Å²) in [5, 5.41) is 1.76. The molecule has 86 valence electrons. The van der Waals surface area contributed by atoms with Crippen molar-refractivity contribution in [1.29, 1.82) is 0 Å². The molecular formula is C9H9F5S. The minimum atomic E-state index is -5.43. The van der Waals surface area contributed by atoms with E-state index >= 15 is 0 Å². The standard InChI is InChI=1S/C9H9F5S/c10-8(11,9(12,13)14)5-1-3-7-4-2-6-15-7/h2,4,6H,1,3,5H2. The largest absolute Gasteiger partial charge is 0.453 e. The van der Waals surface area contributed by atoms with Crippen molar-refractivity contribution in [3.8, 4) is 0 Å². The molecule has 0 spiro atoms. The molecule has 0 aliphatic heterocycles. The maximum atomic E-state index is 12.4. The zero-order chi connectivity index (χ0) is 11.5. The van der Waals surface area contributed by atoms with Gasteiger partial charge in [-0.3, -0.25) is 0 Å². The molecule has 0 amide bonds. The van der Waals surface area contributed by atoms with Gasteiger partial charge in [0.2, 0.25) is 0 Å². The van der Waals surface area contributed by atoms with Gasteiger partial charge in [-0.1, -0.05) is 6.07 Å². The average Bonchev–Trinajstić information content (AvgIpc) is 2.54. The summed E-state index contributed by atoms with van der Waals surface area (Å²) in [4.78, 5) is 0.827. The molecule has 0 saturated carbocycles. The van der Waals surface area contributed by atoms with E-state index in [2.05, 4.69) is 0 Å². The Bertz CT molecular complexity index is 288. The van der Waals surface area contributed by atoms with Crippen molar-refractivity contribution in [2.24, 2.45) is 0 Å². The van der Waals surface area contributed by atoms with E-state index in [0.717, 1.165) is 4.88 Å². The Morgan fingerprint density at radius 3 is 2.27 bits per heavy atom. The van der Waals surface area contributed by atoms with Crippen LogP contribution in [-0.4, -0.2) is 12.1 Å². The van der Waals surface area contributed by atoms with Gasteiger partial charge in [0.25, 0.3) is 0 Å². The van der Waals surface area contributed by atoms with E-state index in [4.69, 9.17) is 0 Å². The quantitative estimate of drug-likeness (QED) is 0.694. The Hall–Kier alpha value is -0.650. The van der Waals surface area contributed by atoms with Crippen LogP contribution in [0.5, 0.6) is 0 Å². The molecule has 1 aromatic heterocycles. The van der Waals surface area contributed by atoms with E-state index in [-0.39, 0.29) is 12.8 Å². The molecule has 0 aliphatic rings. The van der Waals surface area contributed by atoms with Gasteiger partial charge in [0.05, 0.1) is 0 Å². The van der Waals surface area contributed by atoms with E-state index in [9.17, 15) is 22.0 Å². The molecule has 0 atom stereocenters. The highest BCUT2D eigenvalue weighted by atomic mass is 32.1. The predicted octanol–water partition coefficient (Wildman–Crippen LogP) is 4.27. The molecule has 0 aliphatic carbocycles. The monoisotopic (exact) mass is 244 g/mol. The predicted molar refractivity (Wildman–Crippen MR) is 48.3 cm³/mol. The van der Waals surface area contributed by atoms with Crippen LogP contribution in [0.1, 0.15) is 17.7 Å². The first-order chi connectivity index (χ1) is 6.83. The molecule has 1 heterocycles. The fourth-order valence-corrected chi connectivity index (χ4v) is 1.83. The van der Waals surface area contributed by atoms with Gasteiger partial charge in [-0.2, -0.15) is 22.0 Å². The van der Waals surface area contributed by atoms with Crippen LogP contribution in [0.2, 0.25) is 0 Å². The second kappa shape index (κ2) is 4.47. The van der Waals surface area contributed by atoms with Gasteiger partial charge in [-0.25, -0.2) is 0 Å². The molecular weight excluding hydrogens is 235 g/mol. The number of aryl methyl sites for hydroxylation is 1. The number of hydrogen-bond acceptors (Lipinski definition) is 1. The van der Waals surface area contributed by atoms with Crippen LogP contribution in [0.25, 0.3) is 0 Å². The summed E-state index contributed by atoms with van der Waals surface area (Å²) in [7, 11) is 0. The molecule has 0 bridgehead atoms. The van der Waals surface area contributed by atoms with Gasteiger partial charge in [0.15, 0.2) is 0 Å². The number of halogens is 5. The van der Waals surface area contributed by atoms with Gasteiger partial charge < -0.3 is 0 Å². The van der Waals surface area contributed by atoms with Crippen molar-refractivity contribution in [2.75, 3.05) is 0 Å². The van der Waals surface area contributed by atoms with Crippen molar-refractivity contribution >= 4 is 11.3 Å². The molecule has 1 rings (SSSR count). The fourth-order valence-electron chi connectivity index (χ4n) is 1.08. The highest BCUT2D eigenvalue weighted by molar-refractivity contribution is 7.09. The van der Waals surface area contributed by atoms with Crippen molar-refractivity contribution in [1.82, 2.24) is 0 Å². The molecule has 15 heavy (non-hydrogen) atoms. The first-order valence-corrected chi connectivity index (χ1v) is 5.18. The second-order valence-electron chi connectivity index (χ2n) is 3.14. The van der Waals surface area contributed by atoms with Crippen LogP contribution in [0.4, 0.5) is 22.0 Å². The van der Waals surface area contributed by atoms with Gasteiger partial charge in [0, 0.05) is 11.3 Å². The normalized spacial score (nSPS) is 13.1. The minimum Gasteiger partial charge on any atom is -0.196 e. The lowest BCUT2D eigenvalue weighted by atomic mass is 10.1. The molecule has 1 aromatic rings. The first-order valence-electron chi connectivity index (χ1n) is 4.30. The number of thiophene rings is 1. The number of hydrogen-bond donors (Lipinski definition) is 0. The molecule has 0 unspecified atom stereocenters. The van der Waals surface area contributed by atoms with Crippen molar-refractivity contribution in [3.05, 3.63) is 22.4 Å². The lowest BCUT2D eigenvalue weighted by Gasteiger charge is -2.18. The summed E-state index contributed by atoms with van der Waals surface area (Å²) in [6, 6.07) is 3.46. The van der Waals surface area contributed by atoms with Crippen molar-refractivity contribution < 1.29 is 22.0 Å². The van der Waals surface area contributed by atoms with Crippen LogP contribution in [0.15, 0.2) is 17.5 Å². The van der Waals surface area contributed by atoms with E-state index in [1.807, 2.05) is 0 Å². The highest BCUT2D eigenvalue weighted by Crippen LogP contribution is 2.39. The maximum absolute atomic E-state index is 12.4. The Balaban J connectivity index is 2.37. The third kappa shape index (κ3) is 3.44. The lowest BCUT2D eigenvalue weighted by molar-refractivity contribution is -0.284. The van der Waals surface area contributed by atoms with Crippen molar-refractivity contribution in [3.63, 3.8) is 0 Å². The minimum absolute atomic E-state index is 0.160. The van der Waals surface area contributed by atoms with E-state index in [0.29, 0.717) is 0 Å². The van der Waals surface area contributed by atoms with Gasteiger partial charge in [-0.15, -0.1) is 11.3 Å². The molecule has 0 saturated heterocycles. The van der Waals surface area contributed by atoms with Crippen LogP contribution in [-0.2, 0) is 6.42 Å². The second-order valence-corrected chi connectivity index (χ2v) is 4.17. The third-order valence-electron chi connectivity index (χ3n) is 1.91. The van der Waals surface area contributed by atoms with E-state index in [1.54, 1.807) is 17.5 Å². The smallest absolute Gasteiger partial charge is 0.196 e. The molecule has 0 N–H and O–H groups in total. The summed E-state index contributed by atoms with van der Waals surface area (Å²) in [6.07, 6.45) is -6.47. The summed E-state index contributed by atoms with van der Waals surface area (Å²) in [6.45, 7) is 0. The van der Waals surface area contributed by atoms with Gasteiger partial charge in [0.1, 0.15) is 0 Å². The van der Waals surface area contributed by atoms with Crippen LogP contribution in [0, 0.1) is 0 Å². The van der Waals surface area contributed by atoms with Gasteiger partial charge in [-0.05, 0) is 24.3 Å². The number of rotatable bonds is 4. The van der Waals surface area contributed by atoms with E-state index < -0.39 is 18.5 Å².